The summed E-state index contributed by atoms with van der Waals surface area (Å²) >= 11 is 5.59. The first-order valence-electron chi connectivity index (χ1n) is 5.90. The van der Waals surface area contributed by atoms with Gasteiger partial charge in [0.1, 0.15) is 6.61 Å². The Hall–Kier alpha value is -2.18. The third-order valence-electron chi connectivity index (χ3n) is 2.31. The van der Waals surface area contributed by atoms with Crippen molar-refractivity contribution >= 4 is 23.3 Å². The van der Waals surface area contributed by atoms with Crippen molar-refractivity contribution in [1.29, 1.82) is 0 Å². The Bertz CT molecular complexity index is 548. The molecule has 0 fully saturated rings. The molecule has 1 heterocycles. The predicted molar refractivity (Wildman–Crippen MR) is 74.9 cm³/mol. The predicted octanol–water partition coefficient (Wildman–Crippen LogP) is 1.79. The fraction of sp³-hybridized carbons (Fsp3) is 0.154. The number of nitrogens with zero attached hydrogens (tertiary/aromatic N) is 2. The van der Waals surface area contributed by atoms with Gasteiger partial charge in [-0.15, -0.1) is 10.2 Å². The number of nitrogens with one attached hydrogen (secondary N) is 2. The molecule has 20 heavy (non-hydrogen) atoms. The number of hydrazine groups is 1. The highest BCUT2D eigenvalue weighted by atomic mass is 35.5. The van der Waals surface area contributed by atoms with E-state index in [0.717, 1.165) is 5.56 Å². The fourth-order valence-corrected chi connectivity index (χ4v) is 1.49. The van der Waals surface area contributed by atoms with Crippen LogP contribution in [0.25, 0.3) is 0 Å². The second-order valence-electron chi connectivity index (χ2n) is 3.89. The van der Waals surface area contributed by atoms with Gasteiger partial charge in [0.25, 0.3) is 5.91 Å². The molecule has 2 aromatic rings. The molecule has 6 nitrogen and oxygen atoms in total. The van der Waals surface area contributed by atoms with Gasteiger partial charge >= 0.3 is 0 Å². The van der Waals surface area contributed by atoms with Gasteiger partial charge in [-0.25, -0.2) is 0 Å². The smallest absolute Gasteiger partial charge is 0.264 e. The monoisotopic (exact) mass is 292 g/mol. The Morgan fingerprint density at radius 3 is 2.65 bits per heavy atom. The fourth-order valence-electron chi connectivity index (χ4n) is 1.39. The molecule has 0 saturated carbocycles. The Labute approximate surface area is 121 Å². The summed E-state index contributed by atoms with van der Waals surface area (Å²) in [5.74, 6) is 0.0866. The average molecular weight is 293 g/mol. The van der Waals surface area contributed by atoms with Gasteiger partial charge in [-0.05, 0) is 17.7 Å². The second kappa shape index (κ2) is 7.42. The van der Waals surface area contributed by atoms with Crippen LogP contribution in [0.2, 0.25) is 5.15 Å². The van der Waals surface area contributed by atoms with Crippen LogP contribution in [0, 0.1) is 0 Å². The van der Waals surface area contributed by atoms with E-state index >= 15 is 0 Å². The van der Waals surface area contributed by atoms with Crippen molar-refractivity contribution < 1.29 is 9.53 Å². The van der Waals surface area contributed by atoms with E-state index in [-0.39, 0.29) is 17.7 Å². The van der Waals surface area contributed by atoms with Gasteiger partial charge in [-0.2, -0.15) is 0 Å². The molecule has 0 atom stereocenters. The van der Waals surface area contributed by atoms with Crippen molar-refractivity contribution in [2.45, 2.75) is 6.61 Å². The van der Waals surface area contributed by atoms with E-state index in [1.54, 1.807) is 12.1 Å². The van der Waals surface area contributed by atoms with Crippen molar-refractivity contribution in [1.82, 2.24) is 15.6 Å². The first-order valence-corrected chi connectivity index (χ1v) is 6.27. The molecule has 0 bridgehead atoms. The molecule has 0 unspecified atom stereocenters. The zero-order valence-electron chi connectivity index (χ0n) is 10.5. The molecule has 0 aliphatic carbocycles. The summed E-state index contributed by atoms with van der Waals surface area (Å²) in [6, 6.07) is 12.8. The summed E-state index contributed by atoms with van der Waals surface area (Å²) < 4.78 is 5.28. The molecular formula is C13H13ClN4O2. The summed E-state index contributed by atoms with van der Waals surface area (Å²) in [5, 5.41) is 7.64. The normalized spacial score (nSPS) is 10.1. The highest BCUT2D eigenvalue weighted by molar-refractivity contribution is 6.29. The van der Waals surface area contributed by atoms with Crippen molar-refractivity contribution in [3.05, 3.63) is 53.2 Å². The number of anilines is 1. The zero-order chi connectivity index (χ0) is 14.2. The number of ether oxygens (including phenoxy) is 1. The molecule has 0 aliphatic rings. The number of hydrogen-bond donors (Lipinski definition) is 2. The van der Waals surface area contributed by atoms with Crippen molar-refractivity contribution in [2.24, 2.45) is 0 Å². The number of amides is 1. The minimum Gasteiger partial charge on any atom is -0.367 e. The Morgan fingerprint density at radius 1 is 1.15 bits per heavy atom. The molecular weight excluding hydrogens is 280 g/mol. The highest BCUT2D eigenvalue weighted by Gasteiger charge is 2.02. The Morgan fingerprint density at radius 2 is 1.95 bits per heavy atom. The van der Waals surface area contributed by atoms with Gasteiger partial charge in [-0.3, -0.25) is 15.6 Å². The van der Waals surface area contributed by atoms with E-state index in [9.17, 15) is 4.79 Å². The maximum absolute atomic E-state index is 11.5. The maximum atomic E-state index is 11.5. The van der Waals surface area contributed by atoms with Crippen LogP contribution in [0.5, 0.6) is 0 Å². The molecule has 0 aliphatic heterocycles. The van der Waals surface area contributed by atoms with Crippen molar-refractivity contribution in [2.75, 3.05) is 12.0 Å². The number of halogens is 1. The maximum Gasteiger partial charge on any atom is 0.264 e. The molecule has 0 saturated heterocycles. The summed E-state index contributed by atoms with van der Waals surface area (Å²) in [6.45, 7) is 0.331. The van der Waals surface area contributed by atoms with E-state index in [2.05, 4.69) is 21.0 Å². The quantitative estimate of drug-likeness (QED) is 0.794. The lowest BCUT2D eigenvalue weighted by atomic mass is 10.2. The molecule has 0 radical (unpaired) electrons. The van der Waals surface area contributed by atoms with E-state index in [0.29, 0.717) is 12.4 Å². The molecule has 1 aromatic heterocycles. The lowest BCUT2D eigenvalue weighted by molar-refractivity contribution is -0.125. The largest absolute Gasteiger partial charge is 0.367 e. The molecule has 0 spiro atoms. The third-order valence-corrected chi connectivity index (χ3v) is 2.51. The van der Waals surface area contributed by atoms with Crippen LogP contribution < -0.4 is 10.9 Å². The van der Waals surface area contributed by atoms with Gasteiger partial charge in [-0.1, -0.05) is 41.9 Å². The van der Waals surface area contributed by atoms with Gasteiger partial charge in [0.05, 0.1) is 6.61 Å². The van der Waals surface area contributed by atoms with E-state index in [1.165, 1.54) is 0 Å². The number of aromatic nitrogens is 2. The minimum atomic E-state index is -0.308. The molecule has 104 valence electrons. The average Bonchev–Trinajstić information content (AvgIpc) is 2.48. The standard InChI is InChI=1S/C13H13ClN4O2/c14-11-6-7-12(16-15-11)17-18-13(19)9-20-8-10-4-2-1-3-5-10/h1-7H,8-9H2,(H,16,17)(H,18,19). The molecule has 1 aromatic carbocycles. The summed E-state index contributed by atoms with van der Waals surface area (Å²) in [5.41, 5.74) is 6.06. The van der Waals surface area contributed by atoms with E-state index < -0.39 is 0 Å². The Kier molecular flexibility index (Phi) is 5.28. The highest BCUT2D eigenvalue weighted by Crippen LogP contribution is 2.04. The molecule has 7 heteroatoms. The van der Waals surface area contributed by atoms with E-state index in [4.69, 9.17) is 16.3 Å². The molecule has 1 amide bonds. The number of benzene rings is 1. The number of carbonyl (C=O) groups is 1. The molecule has 2 rings (SSSR count). The van der Waals surface area contributed by atoms with Crippen LogP contribution in [0.15, 0.2) is 42.5 Å². The SMILES string of the molecule is O=C(COCc1ccccc1)NNc1ccc(Cl)nn1. The van der Waals surface area contributed by atoms with Crippen LogP contribution in [-0.2, 0) is 16.1 Å². The van der Waals surface area contributed by atoms with Crippen LogP contribution in [-0.4, -0.2) is 22.7 Å². The lowest BCUT2D eigenvalue weighted by Crippen LogP contribution is -2.33. The van der Waals surface area contributed by atoms with Crippen LogP contribution in [0.3, 0.4) is 0 Å². The van der Waals surface area contributed by atoms with Gasteiger partial charge < -0.3 is 4.74 Å². The number of hydrogen-bond acceptors (Lipinski definition) is 5. The zero-order valence-corrected chi connectivity index (χ0v) is 11.3. The summed E-state index contributed by atoms with van der Waals surface area (Å²) in [6.07, 6.45) is 0. The van der Waals surface area contributed by atoms with Gasteiger partial charge in [0, 0.05) is 0 Å². The first kappa shape index (κ1) is 14.2. The first-order chi connectivity index (χ1) is 9.74. The van der Waals surface area contributed by atoms with Crippen molar-refractivity contribution in [3.63, 3.8) is 0 Å². The third kappa shape index (κ3) is 4.83. The number of rotatable bonds is 6. The van der Waals surface area contributed by atoms with Crippen LogP contribution in [0.1, 0.15) is 5.56 Å². The van der Waals surface area contributed by atoms with Crippen LogP contribution in [0.4, 0.5) is 5.82 Å². The lowest BCUT2D eigenvalue weighted by Gasteiger charge is -2.07. The van der Waals surface area contributed by atoms with Gasteiger partial charge in [0.2, 0.25) is 0 Å². The summed E-state index contributed by atoms with van der Waals surface area (Å²) in [7, 11) is 0. The second-order valence-corrected chi connectivity index (χ2v) is 4.28. The van der Waals surface area contributed by atoms with Gasteiger partial charge in [0.15, 0.2) is 11.0 Å². The Balaban J connectivity index is 1.67. The summed E-state index contributed by atoms with van der Waals surface area (Å²) in [4.78, 5) is 11.5. The molecule has 2 N–H and O–H groups in total. The number of carbonyl (C=O) groups excluding carboxylic acids is 1. The van der Waals surface area contributed by atoms with E-state index in [1.807, 2.05) is 30.3 Å². The minimum absolute atomic E-state index is 0.0527. The topological polar surface area (TPSA) is 76.1 Å². The van der Waals surface area contributed by atoms with Crippen LogP contribution >= 0.6 is 11.6 Å². The van der Waals surface area contributed by atoms with Crippen molar-refractivity contribution in [3.8, 4) is 0 Å².